The molecule has 6 heteroatoms. The van der Waals surface area contributed by atoms with Crippen molar-refractivity contribution in [2.45, 2.75) is 31.1 Å². The van der Waals surface area contributed by atoms with E-state index in [0.717, 1.165) is 35.4 Å². The van der Waals surface area contributed by atoms with Gasteiger partial charge in [0.2, 0.25) is 0 Å². The van der Waals surface area contributed by atoms with Gasteiger partial charge in [-0.05, 0) is 48.7 Å². The van der Waals surface area contributed by atoms with Gasteiger partial charge in [0.05, 0.1) is 41.0 Å². The first-order chi connectivity index (χ1) is 18.1. The molecule has 0 unspecified atom stereocenters. The zero-order valence-corrected chi connectivity index (χ0v) is 20.1. The molecule has 1 heterocycles. The average Bonchev–Trinajstić information content (AvgIpc) is 3.17. The maximum Gasteiger partial charge on any atom is 0.312 e. The minimum absolute atomic E-state index is 0.0903. The molecule has 0 aliphatic heterocycles. The molecule has 0 bridgehead atoms. The summed E-state index contributed by atoms with van der Waals surface area (Å²) in [4.78, 5) is 36.8. The van der Waals surface area contributed by atoms with Crippen LogP contribution in [0, 0.1) is 0 Å². The largest absolute Gasteiger partial charge is 0.426 e. The number of nitrogens with zero attached hydrogens (tertiary/aromatic N) is 2. The zero-order valence-electron chi connectivity index (χ0n) is 20.1. The Morgan fingerprint density at radius 1 is 0.757 bits per heavy atom. The van der Waals surface area contributed by atoms with E-state index in [1.807, 2.05) is 42.5 Å². The SMILES string of the molecule is O=C(CC1(CC(=O)Oc2ccccc2)c2ccccc2-c2nc3c(nc21)C=CCC3)Oc1ccccc1. The fourth-order valence-corrected chi connectivity index (χ4v) is 5.20. The second-order valence-corrected chi connectivity index (χ2v) is 9.25. The van der Waals surface area contributed by atoms with Gasteiger partial charge in [0.25, 0.3) is 0 Å². The van der Waals surface area contributed by atoms with Crippen LogP contribution in [0.15, 0.2) is 91.0 Å². The zero-order chi connectivity index (χ0) is 25.2. The lowest BCUT2D eigenvalue weighted by atomic mass is 9.75. The Balaban J connectivity index is 1.45. The molecule has 2 aliphatic rings. The molecule has 0 radical (unpaired) electrons. The molecule has 2 aliphatic carbocycles. The number of ether oxygens (including phenoxy) is 2. The van der Waals surface area contributed by atoms with Crippen molar-refractivity contribution < 1.29 is 19.1 Å². The van der Waals surface area contributed by atoms with Crippen LogP contribution in [0.4, 0.5) is 0 Å². The Kier molecular flexibility index (Phi) is 5.85. The van der Waals surface area contributed by atoms with Gasteiger partial charge in [-0.2, -0.15) is 0 Å². The van der Waals surface area contributed by atoms with Gasteiger partial charge < -0.3 is 9.47 Å². The minimum atomic E-state index is -1.09. The number of hydrogen-bond acceptors (Lipinski definition) is 6. The van der Waals surface area contributed by atoms with Gasteiger partial charge >= 0.3 is 11.9 Å². The maximum atomic E-state index is 13.4. The summed E-state index contributed by atoms with van der Waals surface area (Å²) in [6, 6.07) is 25.6. The van der Waals surface area contributed by atoms with E-state index in [2.05, 4.69) is 6.08 Å². The third kappa shape index (κ3) is 4.31. The van der Waals surface area contributed by atoms with E-state index in [4.69, 9.17) is 19.4 Å². The third-order valence-electron chi connectivity index (χ3n) is 6.82. The summed E-state index contributed by atoms with van der Waals surface area (Å²) in [6.07, 6.45) is 5.55. The Morgan fingerprint density at radius 2 is 1.35 bits per heavy atom. The summed E-state index contributed by atoms with van der Waals surface area (Å²) in [5.74, 6) is -0.0335. The second kappa shape index (κ2) is 9.47. The van der Waals surface area contributed by atoms with Gasteiger partial charge in [-0.25, -0.2) is 9.97 Å². The van der Waals surface area contributed by atoms with E-state index < -0.39 is 17.4 Å². The van der Waals surface area contributed by atoms with Crippen molar-refractivity contribution in [3.05, 3.63) is 114 Å². The number of fused-ring (bicyclic) bond motifs is 4. The van der Waals surface area contributed by atoms with Gasteiger partial charge in [-0.15, -0.1) is 0 Å². The van der Waals surface area contributed by atoms with Crippen LogP contribution in [0.2, 0.25) is 0 Å². The highest BCUT2D eigenvalue weighted by Gasteiger charge is 2.49. The molecule has 6 rings (SSSR count). The Hall–Kier alpha value is -4.58. The van der Waals surface area contributed by atoms with Crippen LogP contribution >= 0.6 is 0 Å². The summed E-state index contributed by atoms with van der Waals surface area (Å²) in [5, 5.41) is 0. The lowest BCUT2D eigenvalue weighted by Crippen LogP contribution is -2.35. The molecule has 0 amide bonds. The monoisotopic (exact) mass is 488 g/mol. The van der Waals surface area contributed by atoms with Crippen molar-refractivity contribution in [3.8, 4) is 22.8 Å². The van der Waals surface area contributed by atoms with Gasteiger partial charge in [0.15, 0.2) is 0 Å². The lowest BCUT2D eigenvalue weighted by Gasteiger charge is -2.29. The first-order valence-electron chi connectivity index (χ1n) is 12.3. The fraction of sp³-hybridized carbons (Fsp3) is 0.161. The quantitative estimate of drug-likeness (QED) is 0.256. The Morgan fingerprint density at radius 3 is 2.00 bits per heavy atom. The second-order valence-electron chi connectivity index (χ2n) is 9.25. The highest BCUT2D eigenvalue weighted by molar-refractivity contribution is 5.87. The summed E-state index contributed by atoms with van der Waals surface area (Å²) in [5.41, 5.74) is 3.63. The van der Waals surface area contributed by atoms with Crippen molar-refractivity contribution in [3.63, 3.8) is 0 Å². The van der Waals surface area contributed by atoms with E-state index in [9.17, 15) is 9.59 Å². The highest BCUT2D eigenvalue weighted by atomic mass is 16.5. The molecule has 3 aromatic carbocycles. The predicted molar refractivity (Wildman–Crippen MR) is 139 cm³/mol. The van der Waals surface area contributed by atoms with Crippen molar-refractivity contribution in [2.75, 3.05) is 0 Å². The smallest absolute Gasteiger partial charge is 0.312 e. The number of aromatic nitrogens is 2. The van der Waals surface area contributed by atoms with Gasteiger partial charge in [0, 0.05) is 5.56 Å². The molecule has 6 nitrogen and oxygen atoms in total. The van der Waals surface area contributed by atoms with Crippen molar-refractivity contribution in [2.24, 2.45) is 0 Å². The number of rotatable bonds is 6. The molecule has 0 spiro atoms. The van der Waals surface area contributed by atoms with Gasteiger partial charge in [-0.3, -0.25) is 9.59 Å². The van der Waals surface area contributed by atoms with Crippen molar-refractivity contribution in [1.82, 2.24) is 9.97 Å². The number of aryl methyl sites for hydroxylation is 1. The number of benzene rings is 3. The summed E-state index contributed by atoms with van der Waals surface area (Å²) in [6.45, 7) is 0. The standard InChI is InChI=1S/C31H24N2O4/c34-27(36-21-11-3-1-4-12-21)19-31(20-28(35)37-22-13-5-2-6-14-22)24-16-8-7-15-23(24)29-30(31)33-26-18-10-9-17-25(26)32-29/h1-8,10-16,18H,9,17,19-20H2. The highest BCUT2D eigenvalue weighted by Crippen LogP contribution is 2.52. The van der Waals surface area contributed by atoms with E-state index in [0.29, 0.717) is 22.9 Å². The van der Waals surface area contributed by atoms with E-state index in [1.165, 1.54) is 0 Å². The van der Waals surface area contributed by atoms with Crippen LogP contribution < -0.4 is 9.47 Å². The number of hydrogen-bond donors (Lipinski definition) is 0. The summed E-state index contributed by atoms with van der Waals surface area (Å²) < 4.78 is 11.4. The molecule has 37 heavy (non-hydrogen) atoms. The molecule has 1 aromatic heterocycles. The van der Waals surface area contributed by atoms with E-state index in [1.54, 1.807) is 48.5 Å². The molecule has 0 fully saturated rings. The van der Waals surface area contributed by atoms with Crippen LogP contribution in [-0.4, -0.2) is 21.9 Å². The predicted octanol–water partition coefficient (Wildman–Crippen LogP) is 5.69. The molecular formula is C31H24N2O4. The summed E-state index contributed by atoms with van der Waals surface area (Å²) in [7, 11) is 0. The van der Waals surface area contributed by atoms with Gasteiger partial charge in [-0.1, -0.05) is 66.7 Å². The number of carbonyl (C=O) groups excluding carboxylic acids is 2. The number of para-hydroxylation sites is 2. The molecule has 0 N–H and O–H groups in total. The molecule has 0 saturated carbocycles. The molecule has 0 atom stereocenters. The first-order valence-corrected chi connectivity index (χ1v) is 12.3. The average molecular weight is 489 g/mol. The molecule has 0 saturated heterocycles. The first kappa shape index (κ1) is 22.9. The molecule has 182 valence electrons. The normalized spacial score (nSPS) is 14.3. The van der Waals surface area contributed by atoms with Crippen LogP contribution in [0.3, 0.4) is 0 Å². The fourth-order valence-electron chi connectivity index (χ4n) is 5.20. The third-order valence-corrected chi connectivity index (χ3v) is 6.82. The van der Waals surface area contributed by atoms with Crippen molar-refractivity contribution >= 4 is 18.0 Å². The minimum Gasteiger partial charge on any atom is -0.426 e. The van der Waals surface area contributed by atoms with Crippen molar-refractivity contribution in [1.29, 1.82) is 0 Å². The van der Waals surface area contributed by atoms with Crippen LogP contribution in [0.5, 0.6) is 11.5 Å². The molecular weight excluding hydrogens is 464 g/mol. The topological polar surface area (TPSA) is 78.4 Å². The van der Waals surface area contributed by atoms with Crippen LogP contribution in [0.25, 0.3) is 17.3 Å². The number of carbonyl (C=O) groups is 2. The number of allylic oxidation sites excluding steroid dienone is 1. The Labute approximate surface area is 214 Å². The van der Waals surface area contributed by atoms with E-state index >= 15 is 0 Å². The van der Waals surface area contributed by atoms with Crippen LogP contribution in [0.1, 0.15) is 41.9 Å². The van der Waals surface area contributed by atoms with Crippen LogP contribution in [-0.2, 0) is 21.4 Å². The number of esters is 2. The van der Waals surface area contributed by atoms with E-state index in [-0.39, 0.29) is 12.8 Å². The van der Waals surface area contributed by atoms with Gasteiger partial charge in [0.1, 0.15) is 11.5 Å². The molecule has 4 aromatic rings. The maximum absolute atomic E-state index is 13.4. The Bertz CT molecular complexity index is 1460. The summed E-state index contributed by atoms with van der Waals surface area (Å²) >= 11 is 0. The lowest BCUT2D eigenvalue weighted by molar-refractivity contribution is -0.138.